The van der Waals surface area contributed by atoms with E-state index in [4.69, 9.17) is 10.5 Å². The molecule has 0 saturated carbocycles. The van der Waals surface area contributed by atoms with Gasteiger partial charge in [0, 0.05) is 13.2 Å². The molecule has 0 amide bonds. The van der Waals surface area contributed by atoms with E-state index in [0.717, 1.165) is 17.8 Å². The van der Waals surface area contributed by atoms with Crippen LogP contribution in [0.25, 0.3) is 0 Å². The van der Waals surface area contributed by atoms with E-state index in [0.29, 0.717) is 23.7 Å². The highest BCUT2D eigenvalue weighted by Gasteiger charge is 2.14. The van der Waals surface area contributed by atoms with Gasteiger partial charge in [-0.1, -0.05) is 6.92 Å². The van der Waals surface area contributed by atoms with E-state index < -0.39 is 5.97 Å². The average molecular weight is 289 g/mol. The normalized spacial score (nSPS) is 10.4. The first-order valence-electron chi connectivity index (χ1n) is 6.77. The van der Waals surface area contributed by atoms with Gasteiger partial charge in [-0.3, -0.25) is 4.68 Å². The molecule has 2 aromatic rings. The van der Waals surface area contributed by atoms with E-state index in [1.807, 2.05) is 20.2 Å². The molecule has 7 heteroatoms. The number of hydrogen-bond donors (Lipinski definition) is 2. The zero-order chi connectivity index (χ0) is 15.4. The highest BCUT2D eigenvalue weighted by molar-refractivity contribution is 5.95. The number of nitrogens with zero attached hydrogens (tertiary/aromatic N) is 3. The van der Waals surface area contributed by atoms with Crippen molar-refractivity contribution in [2.45, 2.75) is 20.3 Å². The van der Waals surface area contributed by atoms with Crippen LogP contribution in [0.4, 0.5) is 17.2 Å². The van der Waals surface area contributed by atoms with E-state index in [2.05, 4.69) is 15.4 Å². The van der Waals surface area contributed by atoms with Gasteiger partial charge >= 0.3 is 5.97 Å². The Morgan fingerprint density at radius 3 is 2.90 bits per heavy atom. The number of esters is 1. The third-order valence-electron chi connectivity index (χ3n) is 2.93. The van der Waals surface area contributed by atoms with Crippen LogP contribution in [0.3, 0.4) is 0 Å². The molecule has 0 fully saturated rings. The number of ether oxygens (including phenoxy) is 1. The largest absolute Gasteiger partial charge is 0.462 e. The van der Waals surface area contributed by atoms with Crippen molar-refractivity contribution in [3.8, 4) is 0 Å². The second kappa shape index (κ2) is 6.25. The second-order valence-electron chi connectivity index (χ2n) is 4.52. The molecular weight excluding hydrogens is 270 g/mol. The van der Waals surface area contributed by atoms with Crippen LogP contribution in [-0.4, -0.2) is 27.3 Å². The summed E-state index contributed by atoms with van der Waals surface area (Å²) in [4.78, 5) is 16.0. The maximum atomic E-state index is 11.8. The van der Waals surface area contributed by atoms with Gasteiger partial charge in [-0.2, -0.15) is 5.10 Å². The van der Waals surface area contributed by atoms with Crippen LogP contribution in [0.5, 0.6) is 0 Å². The Labute approximate surface area is 123 Å². The Hall–Kier alpha value is -2.57. The number of anilines is 3. The molecule has 112 valence electrons. The number of aryl methyl sites for hydroxylation is 2. The van der Waals surface area contributed by atoms with Gasteiger partial charge in [0.15, 0.2) is 0 Å². The van der Waals surface area contributed by atoms with Crippen molar-refractivity contribution in [3.63, 3.8) is 0 Å². The van der Waals surface area contributed by atoms with Crippen molar-refractivity contribution in [1.29, 1.82) is 0 Å². The molecular formula is C14H19N5O2. The molecule has 21 heavy (non-hydrogen) atoms. The predicted octanol–water partition coefficient (Wildman–Crippen LogP) is 1.88. The number of hydrogen-bond acceptors (Lipinski definition) is 6. The number of pyridine rings is 1. The van der Waals surface area contributed by atoms with Crippen LogP contribution >= 0.6 is 0 Å². The fourth-order valence-electron chi connectivity index (χ4n) is 1.96. The minimum absolute atomic E-state index is 0.293. The highest BCUT2D eigenvalue weighted by atomic mass is 16.5. The van der Waals surface area contributed by atoms with Crippen LogP contribution in [-0.2, 0) is 18.2 Å². The van der Waals surface area contributed by atoms with Gasteiger partial charge in [0.25, 0.3) is 0 Å². The van der Waals surface area contributed by atoms with Crippen molar-refractivity contribution in [3.05, 3.63) is 29.7 Å². The molecule has 0 unspecified atom stereocenters. The third-order valence-corrected chi connectivity index (χ3v) is 2.93. The fourth-order valence-corrected chi connectivity index (χ4v) is 1.96. The van der Waals surface area contributed by atoms with E-state index >= 15 is 0 Å². The molecule has 0 aromatic carbocycles. The van der Waals surface area contributed by atoms with Crippen LogP contribution in [0.1, 0.15) is 29.9 Å². The first-order chi connectivity index (χ1) is 10.0. The van der Waals surface area contributed by atoms with Gasteiger partial charge in [-0.25, -0.2) is 9.78 Å². The van der Waals surface area contributed by atoms with Gasteiger partial charge in [0.05, 0.1) is 35.4 Å². The lowest BCUT2D eigenvalue weighted by Crippen LogP contribution is -2.09. The summed E-state index contributed by atoms with van der Waals surface area (Å²) in [6, 6.07) is 1.58. The number of nitrogens with two attached hydrogens (primary N) is 1. The van der Waals surface area contributed by atoms with Gasteiger partial charge in [-0.15, -0.1) is 0 Å². The number of carbonyl (C=O) groups excluding carboxylic acids is 1. The lowest BCUT2D eigenvalue weighted by atomic mass is 10.2. The molecule has 0 spiro atoms. The van der Waals surface area contributed by atoms with Crippen molar-refractivity contribution < 1.29 is 9.53 Å². The first-order valence-corrected chi connectivity index (χ1v) is 6.77. The smallest absolute Gasteiger partial charge is 0.340 e. The van der Waals surface area contributed by atoms with Crippen molar-refractivity contribution in [2.75, 3.05) is 17.7 Å². The molecule has 2 rings (SSSR count). The zero-order valence-electron chi connectivity index (χ0n) is 12.4. The maximum absolute atomic E-state index is 11.8. The summed E-state index contributed by atoms with van der Waals surface area (Å²) in [5.74, 6) is 0.0669. The monoisotopic (exact) mass is 289 g/mol. The average Bonchev–Trinajstić information content (AvgIpc) is 2.81. The SMILES string of the molecule is CCOC(=O)c1cc(Nc2cn(C)nc2CC)ncc1N. The van der Waals surface area contributed by atoms with Crippen molar-refractivity contribution in [1.82, 2.24) is 14.8 Å². The van der Waals surface area contributed by atoms with Gasteiger partial charge < -0.3 is 15.8 Å². The van der Waals surface area contributed by atoms with Gasteiger partial charge in [0.2, 0.25) is 0 Å². The van der Waals surface area contributed by atoms with Gasteiger partial charge in [-0.05, 0) is 19.4 Å². The summed E-state index contributed by atoms with van der Waals surface area (Å²) >= 11 is 0. The lowest BCUT2D eigenvalue weighted by molar-refractivity contribution is 0.0527. The van der Waals surface area contributed by atoms with Crippen molar-refractivity contribution in [2.24, 2.45) is 7.05 Å². The number of aromatic nitrogens is 3. The quantitative estimate of drug-likeness (QED) is 0.816. The predicted molar refractivity (Wildman–Crippen MR) is 80.5 cm³/mol. The molecule has 0 aliphatic heterocycles. The summed E-state index contributed by atoms with van der Waals surface area (Å²) in [6.45, 7) is 4.07. The summed E-state index contributed by atoms with van der Waals surface area (Å²) in [5.41, 5.74) is 8.14. The van der Waals surface area contributed by atoms with Gasteiger partial charge in [0.1, 0.15) is 5.82 Å². The Bertz CT molecular complexity index is 651. The van der Waals surface area contributed by atoms with Crippen LogP contribution in [0.2, 0.25) is 0 Å². The highest BCUT2D eigenvalue weighted by Crippen LogP contribution is 2.22. The number of rotatable bonds is 5. The Balaban J connectivity index is 2.28. The molecule has 0 aliphatic rings. The maximum Gasteiger partial charge on any atom is 0.340 e. The molecule has 0 atom stereocenters. The summed E-state index contributed by atoms with van der Waals surface area (Å²) in [7, 11) is 1.85. The standard InChI is InChI=1S/C14H19N5O2/c1-4-11-12(8-19(3)18-11)17-13-6-9(10(15)7-16-13)14(20)21-5-2/h6-8H,4-5,15H2,1-3H3,(H,16,17). The van der Waals surface area contributed by atoms with Crippen molar-refractivity contribution >= 4 is 23.2 Å². The van der Waals surface area contributed by atoms with E-state index in [9.17, 15) is 4.79 Å². The second-order valence-corrected chi connectivity index (χ2v) is 4.52. The van der Waals surface area contributed by atoms with Crippen LogP contribution in [0.15, 0.2) is 18.5 Å². The molecule has 0 aliphatic carbocycles. The fraction of sp³-hybridized carbons (Fsp3) is 0.357. The minimum Gasteiger partial charge on any atom is -0.462 e. The summed E-state index contributed by atoms with van der Waals surface area (Å²) in [5, 5.41) is 7.49. The Morgan fingerprint density at radius 1 is 1.48 bits per heavy atom. The first kappa shape index (κ1) is 14.8. The number of carbonyl (C=O) groups is 1. The number of nitrogens with one attached hydrogen (secondary N) is 1. The molecule has 0 radical (unpaired) electrons. The summed E-state index contributed by atoms with van der Waals surface area (Å²) in [6.07, 6.45) is 4.10. The molecule has 3 N–H and O–H groups in total. The van der Waals surface area contributed by atoms with Crippen LogP contribution < -0.4 is 11.1 Å². The Morgan fingerprint density at radius 2 is 2.24 bits per heavy atom. The topological polar surface area (TPSA) is 95.1 Å². The number of nitrogen functional groups attached to an aromatic ring is 1. The van der Waals surface area contributed by atoms with Crippen LogP contribution in [0, 0.1) is 0 Å². The minimum atomic E-state index is -0.456. The van der Waals surface area contributed by atoms with E-state index in [1.54, 1.807) is 17.7 Å². The summed E-state index contributed by atoms with van der Waals surface area (Å²) < 4.78 is 6.70. The molecule has 0 saturated heterocycles. The van der Waals surface area contributed by atoms with E-state index in [-0.39, 0.29) is 0 Å². The zero-order valence-corrected chi connectivity index (χ0v) is 12.4. The third kappa shape index (κ3) is 3.31. The lowest BCUT2D eigenvalue weighted by Gasteiger charge is -2.09. The Kier molecular flexibility index (Phi) is 4.42. The molecule has 0 bridgehead atoms. The molecule has 7 nitrogen and oxygen atoms in total. The molecule has 2 heterocycles. The van der Waals surface area contributed by atoms with E-state index in [1.165, 1.54) is 6.20 Å². The molecule has 2 aromatic heterocycles.